The zero-order valence-electron chi connectivity index (χ0n) is 11.8. The van der Waals surface area contributed by atoms with E-state index in [1.54, 1.807) is 6.92 Å². The summed E-state index contributed by atoms with van der Waals surface area (Å²) in [5.74, 6) is -0.437. The van der Waals surface area contributed by atoms with E-state index in [1.165, 1.54) is 0 Å². The molecule has 5 heteroatoms. The van der Waals surface area contributed by atoms with Gasteiger partial charge in [-0.15, -0.1) is 0 Å². The Hall–Kier alpha value is -1.10. The fraction of sp³-hybridized carbons (Fsp3) is 0.846. The molecule has 0 saturated heterocycles. The molecule has 0 rings (SSSR count). The van der Waals surface area contributed by atoms with Gasteiger partial charge in [-0.05, 0) is 24.7 Å². The van der Waals surface area contributed by atoms with E-state index in [1.807, 2.05) is 6.92 Å². The monoisotopic (exact) mass is 258 g/mol. The van der Waals surface area contributed by atoms with Gasteiger partial charge in [-0.1, -0.05) is 27.2 Å². The zero-order valence-corrected chi connectivity index (χ0v) is 11.8. The van der Waals surface area contributed by atoms with Crippen LogP contribution >= 0.6 is 0 Å². The predicted octanol–water partition coefficient (Wildman–Crippen LogP) is 1.22. The van der Waals surface area contributed by atoms with E-state index in [2.05, 4.69) is 19.2 Å². The molecule has 1 amide bonds. The lowest BCUT2D eigenvalue weighted by molar-refractivity contribution is -0.139. The van der Waals surface area contributed by atoms with E-state index >= 15 is 0 Å². The van der Waals surface area contributed by atoms with Crippen LogP contribution in [0.25, 0.3) is 0 Å². The van der Waals surface area contributed by atoms with Crippen LogP contribution in [0.5, 0.6) is 0 Å². The Kier molecular flexibility index (Phi) is 7.59. The second-order valence-electron chi connectivity index (χ2n) is 5.14. The molecule has 0 aromatic rings. The van der Waals surface area contributed by atoms with Crippen molar-refractivity contribution >= 4 is 11.9 Å². The van der Waals surface area contributed by atoms with Crippen molar-refractivity contribution in [3.8, 4) is 0 Å². The average Bonchev–Trinajstić information content (AvgIpc) is 2.31. The highest BCUT2D eigenvalue weighted by Crippen LogP contribution is 2.25. The standard InChI is InChI=1S/C13H26N2O3/c1-5-8(2)9(3)11(6-12(16)17)7-15-13(18)10(4)14/h8-11H,5-7,14H2,1-4H3,(H,15,18)(H,16,17)/t8-,9-,10+,11+/m1/s1. The molecule has 0 aromatic carbocycles. The maximum absolute atomic E-state index is 11.4. The molecule has 4 atom stereocenters. The van der Waals surface area contributed by atoms with Crippen LogP contribution in [0, 0.1) is 17.8 Å². The van der Waals surface area contributed by atoms with Gasteiger partial charge in [-0.25, -0.2) is 0 Å². The highest BCUT2D eigenvalue weighted by Gasteiger charge is 2.25. The number of rotatable bonds is 8. The number of aliphatic carboxylic acids is 1. The lowest BCUT2D eigenvalue weighted by Gasteiger charge is -2.27. The molecule has 0 unspecified atom stereocenters. The Morgan fingerprint density at radius 1 is 1.28 bits per heavy atom. The number of amides is 1. The number of carbonyl (C=O) groups is 2. The van der Waals surface area contributed by atoms with Crippen molar-refractivity contribution in [2.45, 2.75) is 46.6 Å². The molecule has 0 aliphatic carbocycles. The van der Waals surface area contributed by atoms with Gasteiger partial charge in [0.1, 0.15) is 0 Å². The van der Waals surface area contributed by atoms with E-state index in [4.69, 9.17) is 10.8 Å². The summed E-state index contributed by atoms with van der Waals surface area (Å²) in [5, 5.41) is 11.6. The molecule has 0 saturated carbocycles. The molecule has 0 fully saturated rings. The minimum atomic E-state index is -0.829. The Bertz CT molecular complexity index is 279. The number of hydrogen-bond acceptors (Lipinski definition) is 3. The van der Waals surface area contributed by atoms with Gasteiger partial charge in [0.05, 0.1) is 12.5 Å². The van der Waals surface area contributed by atoms with Gasteiger partial charge in [-0.3, -0.25) is 9.59 Å². The first-order valence-electron chi connectivity index (χ1n) is 6.54. The molecule has 18 heavy (non-hydrogen) atoms. The number of carboxylic acid groups (broad SMARTS) is 1. The fourth-order valence-electron chi connectivity index (χ4n) is 1.90. The Balaban J connectivity index is 4.49. The number of hydrogen-bond donors (Lipinski definition) is 3. The first-order valence-corrected chi connectivity index (χ1v) is 6.54. The molecule has 0 aliphatic rings. The Labute approximate surface area is 109 Å². The molecule has 0 spiro atoms. The summed E-state index contributed by atoms with van der Waals surface area (Å²) in [4.78, 5) is 22.3. The number of nitrogens with one attached hydrogen (secondary N) is 1. The molecule has 106 valence electrons. The van der Waals surface area contributed by atoms with E-state index in [9.17, 15) is 9.59 Å². The minimum absolute atomic E-state index is 0.0554. The summed E-state index contributed by atoms with van der Waals surface area (Å²) < 4.78 is 0. The SMILES string of the molecule is CC[C@@H](C)[C@@H](C)[C@H](CNC(=O)[C@H](C)N)CC(=O)O. The summed E-state index contributed by atoms with van der Waals surface area (Å²) in [6.45, 7) is 8.21. The third-order valence-electron chi connectivity index (χ3n) is 3.67. The van der Waals surface area contributed by atoms with Crippen LogP contribution in [0.1, 0.15) is 40.5 Å². The molecule has 0 bridgehead atoms. The highest BCUT2D eigenvalue weighted by atomic mass is 16.4. The van der Waals surface area contributed by atoms with Crippen LogP contribution in [0.2, 0.25) is 0 Å². The third-order valence-corrected chi connectivity index (χ3v) is 3.67. The van der Waals surface area contributed by atoms with Gasteiger partial charge in [0.15, 0.2) is 0 Å². The van der Waals surface area contributed by atoms with Crippen molar-refractivity contribution in [3.05, 3.63) is 0 Å². The number of carbonyl (C=O) groups excluding carboxylic acids is 1. The molecular weight excluding hydrogens is 232 g/mol. The lowest BCUT2D eigenvalue weighted by Crippen LogP contribution is -2.42. The van der Waals surface area contributed by atoms with Crippen LogP contribution in [0.3, 0.4) is 0 Å². The molecule has 0 aromatic heterocycles. The van der Waals surface area contributed by atoms with Gasteiger partial charge >= 0.3 is 5.97 Å². The summed E-state index contributed by atoms with van der Waals surface area (Å²) in [5.41, 5.74) is 5.46. The van der Waals surface area contributed by atoms with E-state index < -0.39 is 12.0 Å². The molecular formula is C13H26N2O3. The number of carboxylic acids is 1. The summed E-state index contributed by atoms with van der Waals surface area (Å²) in [7, 11) is 0. The van der Waals surface area contributed by atoms with Crippen molar-refractivity contribution in [2.75, 3.05) is 6.54 Å². The van der Waals surface area contributed by atoms with Crippen LogP contribution < -0.4 is 11.1 Å². The smallest absolute Gasteiger partial charge is 0.303 e. The molecule has 5 nitrogen and oxygen atoms in total. The highest BCUT2D eigenvalue weighted by molar-refractivity contribution is 5.81. The van der Waals surface area contributed by atoms with Crippen molar-refractivity contribution in [1.29, 1.82) is 0 Å². The van der Waals surface area contributed by atoms with Gasteiger partial charge in [0.2, 0.25) is 5.91 Å². The third kappa shape index (κ3) is 6.00. The van der Waals surface area contributed by atoms with Gasteiger partial charge in [0.25, 0.3) is 0 Å². The largest absolute Gasteiger partial charge is 0.481 e. The van der Waals surface area contributed by atoms with Crippen molar-refractivity contribution in [1.82, 2.24) is 5.32 Å². The van der Waals surface area contributed by atoms with E-state index in [0.29, 0.717) is 12.5 Å². The zero-order chi connectivity index (χ0) is 14.3. The van der Waals surface area contributed by atoms with Gasteiger partial charge < -0.3 is 16.2 Å². The Morgan fingerprint density at radius 3 is 2.22 bits per heavy atom. The van der Waals surface area contributed by atoms with Gasteiger partial charge in [-0.2, -0.15) is 0 Å². The second-order valence-corrected chi connectivity index (χ2v) is 5.14. The lowest BCUT2D eigenvalue weighted by atomic mass is 9.80. The quantitative estimate of drug-likeness (QED) is 0.610. The van der Waals surface area contributed by atoms with Crippen LogP contribution in [-0.2, 0) is 9.59 Å². The number of nitrogens with two attached hydrogens (primary N) is 1. The molecule has 0 heterocycles. The van der Waals surface area contributed by atoms with Crippen molar-refractivity contribution < 1.29 is 14.7 Å². The fourth-order valence-corrected chi connectivity index (χ4v) is 1.90. The molecule has 0 aliphatic heterocycles. The van der Waals surface area contributed by atoms with Crippen molar-refractivity contribution in [2.24, 2.45) is 23.5 Å². The van der Waals surface area contributed by atoms with Crippen molar-refractivity contribution in [3.63, 3.8) is 0 Å². The van der Waals surface area contributed by atoms with Gasteiger partial charge in [0, 0.05) is 6.54 Å². The first-order chi connectivity index (χ1) is 8.29. The molecule has 0 radical (unpaired) electrons. The average molecular weight is 258 g/mol. The first kappa shape index (κ1) is 16.9. The van der Waals surface area contributed by atoms with E-state index in [-0.39, 0.29) is 24.2 Å². The summed E-state index contributed by atoms with van der Waals surface area (Å²) in [6, 6.07) is -0.561. The Morgan fingerprint density at radius 2 is 1.83 bits per heavy atom. The van der Waals surface area contributed by atoms with Crippen LogP contribution in [0.4, 0.5) is 0 Å². The van der Waals surface area contributed by atoms with Crippen LogP contribution in [0.15, 0.2) is 0 Å². The summed E-state index contributed by atoms with van der Waals surface area (Å²) >= 11 is 0. The maximum atomic E-state index is 11.4. The second kappa shape index (κ2) is 8.08. The predicted molar refractivity (Wildman–Crippen MR) is 71.0 cm³/mol. The minimum Gasteiger partial charge on any atom is -0.481 e. The van der Waals surface area contributed by atoms with Crippen LogP contribution in [-0.4, -0.2) is 29.6 Å². The maximum Gasteiger partial charge on any atom is 0.303 e. The normalized spacial score (nSPS) is 17.6. The molecule has 4 N–H and O–H groups in total. The summed E-state index contributed by atoms with van der Waals surface area (Å²) in [6.07, 6.45) is 1.07. The topological polar surface area (TPSA) is 92.4 Å². The van der Waals surface area contributed by atoms with E-state index in [0.717, 1.165) is 6.42 Å².